The van der Waals surface area contributed by atoms with Gasteiger partial charge in [-0.05, 0) is 44.9 Å². The van der Waals surface area contributed by atoms with Gasteiger partial charge in [0.1, 0.15) is 0 Å². The van der Waals surface area contributed by atoms with Crippen molar-refractivity contribution in [3.05, 3.63) is 72.9 Å². The van der Waals surface area contributed by atoms with E-state index in [2.05, 4.69) is 67.8 Å². The van der Waals surface area contributed by atoms with Gasteiger partial charge in [-0.2, -0.15) is 0 Å². The van der Waals surface area contributed by atoms with Crippen molar-refractivity contribution in [2.24, 2.45) is 0 Å². The van der Waals surface area contributed by atoms with Crippen molar-refractivity contribution in [3.63, 3.8) is 0 Å². The summed E-state index contributed by atoms with van der Waals surface area (Å²) in [5, 5.41) is 22.9. The molecule has 0 spiro atoms. The van der Waals surface area contributed by atoms with Crippen LogP contribution in [0.5, 0.6) is 0 Å². The first-order valence-corrected chi connectivity index (χ1v) is 21.7. The molecule has 0 aliphatic carbocycles. The average molecular weight is 710 g/mol. The molecule has 294 valence electrons. The summed E-state index contributed by atoms with van der Waals surface area (Å²) in [6.07, 6.45) is 60.4. The summed E-state index contributed by atoms with van der Waals surface area (Å²) in [5.74, 6) is -0.192. The van der Waals surface area contributed by atoms with Crippen LogP contribution in [-0.4, -0.2) is 34.9 Å². The van der Waals surface area contributed by atoms with Gasteiger partial charge in [-0.15, -0.1) is 0 Å². The molecule has 4 nitrogen and oxygen atoms in total. The van der Waals surface area contributed by atoms with Gasteiger partial charge in [-0.1, -0.05) is 222 Å². The maximum atomic E-state index is 12.3. The molecule has 0 heterocycles. The second kappa shape index (κ2) is 42.2. The second-order valence-electron chi connectivity index (χ2n) is 14.4. The van der Waals surface area contributed by atoms with Gasteiger partial charge in [-0.3, -0.25) is 4.79 Å². The van der Waals surface area contributed by atoms with E-state index in [1.54, 1.807) is 6.08 Å². The third kappa shape index (κ3) is 38.9. The molecule has 3 N–H and O–H groups in total. The summed E-state index contributed by atoms with van der Waals surface area (Å²) in [5.41, 5.74) is 0. The lowest BCUT2D eigenvalue weighted by molar-refractivity contribution is -0.122. The molecular formula is C47H83NO3. The zero-order chi connectivity index (χ0) is 37.1. The molecule has 0 aromatic carbocycles. The van der Waals surface area contributed by atoms with Gasteiger partial charge in [0.15, 0.2) is 0 Å². The number of carbonyl (C=O) groups is 1. The molecule has 0 aromatic heterocycles. The Morgan fingerprint density at radius 1 is 0.490 bits per heavy atom. The molecule has 0 saturated heterocycles. The quantitative estimate of drug-likeness (QED) is 0.0441. The number of hydrogen-bond acceptors (Lipinski definition) is 3. The molecule has 0 bridgehead atoms. The van der Waals surface area contributed by atoms with Gasteiger partial charge in [0.25, 0.3) is 0 Å². The van der Waals surface area contributed by atoms with E-state index < -0.39 is 12.1 Å². The summed E-state index contributed by atoms with van der Waals surface area (Å²) in [6.45, 7) is 4.15. The van der Waals surface area contributed by atoms with Gasteiger partial charge in [-0.25, -0.2) is 0 Å². The summed E-state index contributed by atoms with van der Waals surface area (Å²) in [4.78, 5) is 12.3. The summed E-state index contributed by atoms with van der Waals surface area (Å²) >= 11 is 0. The summed E-state index contributed by atoms with van der Waals surface area (Å²) in [7, 11) is 0. The molecular weight excluding hydrogens is 627 g/mol. The van der Waals surface area contributed by atoms with Crippen molar-refractivity contribution in [1.29, 1.82) is 0 Å². The number of hydrogen-bond donors (Lipinski definition) is 3. The van der Waals surface area contributed by atoms with Gasteiger partial charge < -0.3 is 15.5 Å². The van der Waals surface area contributed by atoms with E-state index in [1.165, 1.54) is 135 Å². The Morgan fingerprint density at radius 2 is 0.843 bits per heavy atom. The lowest BCUT2D eigenvalue weighted by Crippen LogP contribution is -2.44. The molecule has 51 heavy (non-hydrogen) atoms. The van der Waals surface area contributed by atoms with E-state index >= 15 is 0 Å². The Morgan fingerprint density at radius 3 is 1.22 bits per heavy atom. The molecule has 1 amide bonds. The Kier molecular flexibility index (Phi) is 40.4. The molecule has 0 radical (unpaired) electrons. The van der Waals surface area contributed by atoms with Crippen molar-refractivity contribution in [1.82, 2.24) is 5.32 Å². The summed E-state index contributed by atoms with van der Waals surface area (Å²) in [6, 6.07) is -0.680. The maximum absolute atomic E-state index is 12.3. The van der Waals surface area contributed by atoms with Crippen LogP contribution in [0.3, 0.4) is 0 Å². The molecule has 0 aliphatic rings. The van der Waals surface area contributed by atoms with Crippen molar-refractivity contribution < 1.29 is 15.0 Å². The van der Waals surface area contributed by atoms with Crippen LogP contribution in [0.1, 0.15) is 200 Å². The minimum atomic E-state index is -0.882. The lowest BCUT2D eigenvalue weighted by atomic mass is 10.0. The average Bonchev–Trinajstić information content (AvgIpc) is 3.13. The van der Waals surface area contributed by atoms with Gasteiger partial charge in [0, 0.05) is 6.42 Å². The van der Waals surface area contributed by atoms with E-state index in [1.807, 2.05) is 18.2 Å². The number of amides is 1. The maximum Gasteiger partial charge on any atom is 0.224 e. The standard InChI is InChI=1S/C47H83NO3/c1-3-5-7-9-11-13-15-17-19-20-21-22-23-24-25-26-27-29-30-32-34-36-38-40-42-46(50)45(44-49)48-47(51)43-41-39-37-35-33-31-28-18-16-14-12-10-8-6-4-2/h6,8,12,14,18,28,33,35,39-42,45-46,49-50H,3-5,7,9-11,13,15-17,19-27,29-32,34,36-38,43-44H2,1-2H3,(H,48,51)/b8-6-,14-12-,28-18-,35-33-,41-39-,42-40+. The van der Waals surface area contributed by atoms with Crippen LogP contribution in [0.4, 0.5) is 0 Å². The number of aliphatic hydroxyl groups excluding tert-OH is 2. The van der Waals surface area contributed by atoms with E-state index in [9.17, 15) is 15.0 Å². The van der Waals surface area contributed by atoms with Crippen molar-refractivity contribution in [2.75, 3.05) is 6.61 Å². The number of aliphatic hydroxyl groups is 2. The predicted octanol–water partition coefficient (Wildman–Crippen LogP) is 13.5. The highest BCUT2D eigenvalue weighted by atomic mass is 16.3. The molecule has 0 aliphatic heterocycles. The van der Waals surface area contributed by atoms with E-state index in [4.69, 9.17) is 0 Å². The highest BCUT2D eigenvalue weighted by Gasteiger charge is 2.17. The van der Waals surface area contributed by atoms with Gasteiger partial charge in [0.2, 0.25) is 5.91 Å². The van der Waals surface area contributed by atoms with Crippen LogP contribution >= 0.6 is 0 Å². The molecule has 0 rings (SSSR count). The normalized spacial score (nSPS) is 13.7. The van der Waals surface area contributed by atoms with Crippen molar-refractivity contribution >= 4 is 5.91 Å². The fraction of sp³-hybridized carbons (Fsp3) is 0.723. The monoisotopic (exact) mass is 710 g/mol. The molecule has 0 aromatic rings. The molecule has 0 saturated carbocycles. The van der Waals surface area contributed by atoms with Gasteiger partial charge in [0.05, 0.1) is 18.8 Å². The van der Waals surface area contributed by atoms with E-state index in [0.29, 0.717) is 0 Å². The van der Waals surface area contributed by atoms with Crippen LogP contribution in [-0.2, 0) is 4.79 Å². The van der Waals surface area contributed by atoms with Crippen molar-refractivity contribution in [2.45, 2.75) is 212 Å². The summed E-state index contributed by atoms with van der Waals surface area (Å²) < 4.78 is 0. The Balaban J connectivity index is 3.65. The number of rotatable bonds is 38. The zero-order valence-electron chi connectivity index (χ0n) is 33.6. The topological polar surface area (TPSA) is 69.6 Å². The Hall–Kier alpha value is -2.17. The third-order valence-corrected chi connectivity index (χ3v) is 9.47. The highest BCUT2D eigenvalue weighted by Crippen LogP contribution is 2.15. The first-order valence-electron chi connectivity index (χ1n) is 21.7. The van der Waals surface area contributed by atoms with E-state index in [0.717, 1.165) is 44.9 Å². The SMILES string of the molecule is CC/C=C\C/C=C\C/C=C\C/C=C\C/C=C\CC(=O)NC(CO)C(O)/C=C/CCCCCCCCCCCCCCCCCCCCCCCC. The molecule has 2 atom stereocenters. The Labute approximate surface area is 317 Å². The Bertz CT molecular complexity index is 899. The minimum Gasteiger partial charge on any atom is -0.394 e. The van der Waals surface area contributed by atoms with Crippen LogP contribution in [0.15, 0.2) is 72.9 Å². The van der Waals surface area contributed by atoms with E-state index in [-0.39, 0.29) is 18.9 Å². The predicted molar refractivity (Wildman–Crippen MR) is 225 cm³/mol. The first kappa shape index (κ1) is 48.8. The zero-order valence-corrected chi connectivity index (χ0v) is 33.6. The second-order valence-corrected chi connectivity index (χ2v) is 14.4. The fourth-order valence-corrected chi connectivity index (χ4v) is 6.19. The third-order valence-electron chi connectivity index (χ3n) is 9.47. The number of unbranched alkanes of at least 4 members (excludes halogenated alkanes) is 22. The number of allylic oxidation sites excluding steroid dienone is 10. The fourth-order valence-electron chi connectivity index (χ4n) is 6.19. The largest absolute Gasteiger partial charge is 0.394 e. The molecule has 2 unspecified atom stereocenters. The van der Waals surface area contributed by atoms with Crippen molar-refractivity contribution in [3.8, 4) is 0 Å². The lowest BCUT2D eigenvalue weighted by Gasteiger charge is -2.19. The van der Waals surface area contributed by atoms with Crippen LogP contribution < -0.4 is 5.32 Å². The number of nitrogens with one attached hydrogen (secondary N) is 1. The first-order chi connectivity index (χ1) is 25.2. The molecule has 4 heteroatoms. The van der Waals surface area contributed by atoms with Gasteiger partial charge >= 0.3 is 0 Å². The van der Waals surface area contributed by atoms with Crippen LogP contribution in [0.2, 0.25) is 0 Å². The van der Waals surface area contributed by atoms with Crippen LogP contribution in [0.25, 0.3) is 0 Å². The molecule has 0 fully saturated rings. The highest BCUT2D eigenvalue weighted by molar-refractivity contribution is 5.77. The van der Waals surface area contributed by atoms with Crippen LogP contribution in [0, 0.1) is 0 Å². The minimum absolute atomic E-state index is 0.192. The number of carbonyl (C=O) groups excluding carboxylic acids is 1. The smallest absolute Gasteiger partial charge is 0.224 e.